The Hall–Kier alpha value is -0.890. The molecule has 2 aliphatic rings. The molecule has 11 nitrogen and oxygen atoms in total. The second-order valence-electron chi connectivity index (χ2n) is 6.25. The predicted molar refractivity (Wildman–Crippen MR) is 78.8 cm³/mol. The van der Waals surface area contributed by atoms with Crippen molar-refractivity contribution in [2.45, 2.75) is 75.2 Å². The summed E-state index contributed by atoms with van der Waals surface area (Å²) in [6.45, 7) is 2.00. The predicted octanol–water partition coefficient (Wildman–Crippen LogP) is -4.23. The first-order valence-electron chi connectivity index (χ1n) is 7.92. The summed E-state index contributed by atoms with van der Waals surface area (Å²) in [5.74, 6) is -0.544. The first kappa shape index (κ1) is 20.4. The third kappa shape index (κ3) is 4.27. The van der Waals surface area contributed by atoms with E-state index < -0.39 is 73.9 Å². The third-order valence-corrected chi connectivity index (χ3v) is 4.34. The average molecular weight is 367 g/mol. The van der Waals surface area contributed by atoms with Gasteiger partial charge in [-0.15, -0.1) is 0 Å². The molecule has 0 bridgehead atoms. The van der Waals surface area contributed by atoms with Gasteiger partial charge in [-0.25, -0.2) is 0 Å². The summed E-state index contributed by atoms with van der Waals surface area (Å²) < 4.78 is 15.8. The minimum absolute atomic E-state index is 0.544. The Kier molecular flexibility index (Phi) is 6.70. The monoisotopic (exact) mass is 367 g/mol. The highest BCUT2D eigenvalue weighted by atomic mass is 16.7. The van der Waals surface area contributed by atoms with Gasteiger partial charge in [0, 0.05) is 6.92 Å². The first-order valence-corrected chi connectivity index (χ1v) is 7.92. The largest absolute Gasteiger partial charge is 0.394 e. The van der Waals surface area contributed by atoms with E-state index in [2.05, 4.69) is 5.32 Å². The van der Waals surface area contributed by atoms with Gasteiger partial charge in [0.25, 0.3) is 0 Å². The van der Waals surface area contributed by atoms with Crippen LogP contribution < -0.4 is 5.32 Å². The highest BCUT2D eigenvalue weighted by Crippen LogP contribution is 2.28. The van der Waals surface area contributed by atoms with Crippen LogP contribution >= 0.6 is 0 Å². The molecule has 25 heavy (non-hydrogen) atoms. The van der Waals surface area contributed by atoms with Crippen LogP contribution in [0, 0.1) is 0 Å². The van der Waals surface area contributed by atoms with Crippen LogP contribution in [0.25, 0.3) is 0 Å². The maximum atomic E-state index is 11.4. The van der Waals surface area contributed by atoms with Gasteiger partial charge in [-0.3, -0.25) is 4.79 Å². The molecule has 0 saturated carbocycles. The summed E-state index contributed by atoms with van der Waals surface area (Å²) >= 11 is 0. The van der Waals surface area contributed by atoms with Crippen LogP contribution in [0.15, 0.2) is 0 Å². The van der Waals surface area contributed by atoms with Gasteiger partial charge in [-0.05, 0) is 6.92 Å². The minimum atomic E-state index is -1.62. The van der Waals surface area contributed by atoms with Crippen LogP contribution in [-0.4, -0.2) is 105 Å². The zero-order chi connectivity index (χ0) is 18.9. The van der Waals surface area contributed by atoms with Crippen molar-refractivity contribution in [2.75, 3.05) is 6.61 Å². The van der Waals surface area contributed by atoms with E-state index in [1.807, 2.05) is 0 Å². The van der Waals surface area contributed by atoms with Crippen molar-refractivity contribution in [3.05, 3.63) is 0 Å². The Morgan fingerprint density at radius 1 is 1.04 bits per heavy atom. The number of nitrogens with one attached hydrogen (secondary N) is 1. The molecule has 0 aliphatic carbocycles. The Morgan fingerprint density at radius 2 is 1.68 bits per heavy atom. The molecule has 0 aromatic carbocycles. The van der Waals surface area contributed by atoms with Crippen molar-refractivity contribution >= 4 is 5.91 Å². The van der Waals surface area contributed by atoms with Crippen molar-refractivity contribution in [2.24, 2.45) is 0 Å². The zero-order valence-electron chi connectivity index (χ0n) is 13.8. The lowest BCUT2D eigenvalue weighted by molar-refractivity contribution is -0.338. The molecule has 2 heterocycles. The number of aliphatic hydroxyl groups is 6. The number of hydrogen-bond donors (Lipinski definition) is 7. The van der Waals surface area contributed by atoms with E-state index in [1.54, 1.807) is 0 Å². The molecule has 0 aromatic heterocycles. The summed E-state index contributed by atoms with van der Waals surface area (Å²) in [6, 6.07) is -1.23. The number of rotatable bonds is 4. The summed E-state index contributed by atoms with van der Waals surface area (Å²) in [5.41, 5.74) is 0. The molecule has 2 fully saturated rings. The van der Waals surface area contributed by atoms with Gasteiger partial charge in [0.2, 0.25) is 5.91 Å². The summed E-state index contributed by atoms with van der Waals surface area (Å²) in [7, 11) is 0. The summed E-state index contributed by atoms with van der Waals surface area (Å²) in [4.78, 5) is 11.4. The molecule has 2 saturated heterocycles. The quantitative estimate of drug-likeness (QED) is 0.257. The Balaban J connectivity index is 2.21. The number of amides is 1. The zero-order valence-corrected chi connectivity index (χ0v) is 13.8. The fourth-order valence-electron chi connectivity index (χ4n) is 2.91. The molecule has 2 aliphatic heterocycles. The van der Waals surface area contributed by atoms with Gasteiger partial charge in [0.15, 0.2) is 12.6 Å². The summed E-state index contributed by atoms with van der Waals surface area (Å²) in [5, 5.41) is 61.6. The molecule has 7 N–H and O–H groups in total. The molecule has 0 spiro atoms. The molecule has 11 heteroatoms. The van der Waals surface area contributed by atoms with Gasteiger partial charge in [0.1, 0.15) is 42.7 Å². The smallest absolute Gasteiger partial charge is 0.217 e. The highest BCUT2D eigenvalue weighted by molar-refractivity contribution is 5.73. The van der Waals surface area contributed by atoms with Crippen LogP contribution in [0.5, 0.6) is 0 Å². The van der Waals surface area contributed by atoms with Gasteiger partial charge in [-0.1, -0.05) is 0 Å². The maximum Gasteiger partial charge on any atom is 0.217 e. The number of hydrogen-bond acceptors (Lipinski definition) is 10. The van der Waals surface area contributed by atoms with Gasteiger partial charge < -0.3 is 50.2 Å². The van der Waals surface area contributed by atoms with Crippen LogP contribution in [0.3, 0.4) is 0 Å². The van der Waals surface area contributed by atoms with Crippen LogP contribution in [0.4, 0.5) is 0 Å². The maximum absolute atomic E-state index is 11.4. The number of ether oxygens (including phenoxy) is 3. The molecule has 10 atom stereocenters. The van der Waals surface area contributed by atoms with Crippen LogP contribution in [0.2, 0.25) is 0 Å². The van der Waals surface area contributed by atoms with Crippen molar-refractivity contribution in [1.29, 1.82) is 0 Å². The Morgan fingerprint density at radius 3 is 2.24 bits per heavy atom. The molecule has 0 aromatic rings. The second kappa shape index (κ2) is 8.20. The van der Waals surface area contributed by atoms with E-state index in [9.17, 15) is 35.4 Å². The SMILES string of the molecule is CC(=O)N[C@H]1[C@H](O[C@@H]2[C@H](O)[C@H](C)OC(O)[C@H]2O)O[C@H](CO)[C@@H](O)[C@@H]1O. The van der Waals surface area contributed by atoms with Crippen molar-refractivity contribution in [1.82, 2.24) is 5.32 Å². The van der Waals surface area contributed by atoms with Gasteiger partial charge in [-0.2, -0.15) is 0 Å². The lowest BCUT2D eigenvalue weighted by atomic mass is 9.95. The minimum Gasteiger partial charge on any atom is -0.394 e. The number of aliphatic hydroxyl groups excluding tert-OH is 6. The molecule has 1 amide bonds. The second-order valence-corrected chi connectivity index (χ2v) is 6.25. The van der Waals surface area contributed by atoms with Crippen LogP contribution in [0.1, 0.15) is 13.8 Å². The van der Waals surface area contributed by atoms with Crippen molar-refractivity contribution in [3.63, 3.8) is 0 Å². The summed E-state index contributed by atoms with van der Waals surface area (Å²) in [6.07, 6.45) is -12.4. The Labute approximate surface area is 143 Å². The lowest BCUT2D eigenvalue weighted by Crippen LogP contribution is -2.67. The fourth-order valence-corrected chi connectivity index (χ4v) is 2.91. The molecule has 0 radical (unpaired) electrons. The van der Waals surface area contributed by atoms with Gasteiger partial charge in [0.05, 0.1) is 12.7 Å². The van der Waals surface area contributed by atoms with Gasteiger partial charge >= 0.3 is 0 Å². The Bertz CT molecular complexity index is 451. The third-order valence-electron chi connectivity index (χ3n) is 4.34. The first-order chi connectivity index (χ1) is 11.7. The van der Waals surface area contributed by atoms with E-state index in [0.717, 1.165) is 0 Å². The van der Waals surface area contributed by atoms with Crippen molar-refractivity contribution in [3.8, 4) is 0 Å². The van der Waals surface area contributed by atoms with Crippen molar-refractivity contribution < 1.29 is 49.6 Å². The molecule has 146 valence electrons. The molecular formula is C14H25NO10. The molecular weight excluding hydrogens is 342 g/mol. The molecule has 1 unspecified atom stereocenters. The van der Waals surface area contributed by atoms with E-state index in [4.69, 9.17) is 14.2 Å². The van der Waals surface area contributed by atoms with E-state index >= 15 is 0 Å². The number of carbonyl (C=O) groups excluding carboxylic acids is 1. The standard InChI is InChI=1S/C14H25NO10/c1-4-8(18)12(11(21)13(22)23-4)25-14-7(15-5(2)17)10(20)9(19)6(3-16)24-14/h4,6-14,16,18-22H,3H2,1-2H3,(H,15,17)/t4-,6+,7+,8+,9+,10+,11-,12+,13?,14-/m0/s1. The topological polar surface area (TPSA) is 178 Å². The normalized spacial score (nSPS) is 48.2. The lowest BCUT2D eigenvalue weighted by Gasteiger charge is -2.46. The highest BCUT2D eigenvalue weighted by Gasteiger charge is 2.50. The van der Waals surface area contributed by atoms with E-state index in [1.165, 1.54) is 13.8 Å². The fraction of sp³-hybridized carbons (Fsp3) is 0.929. The number of carbonyl (C=O) groups is 1. The van der Waals surface area contributed by atoms with E-state index in [0.29, 0.717) is 0 Å². The van der Waals surface area contributed by atoms with Crippen LogP contribution in [-0.2, 0) is 19.0 Å². The average Bonchev–Trinajstić information content (AvgIpc) is 2.55. The van der Waals surface area contributed by atoms with E-state index in [-0.39, 0.29) is 0 Å². The molecule has 2 rings (SSSR count).